The predicted octanol–water partition coefficient (Wildman–Crippen LogP) is 1.43. The average Bonchev–Trinajstić information content (AvgIpc) is 3.04. The Kier molecular flexibility index (Phi) is 5.51. The van der Waals surface area contributed by atoms with E-state index in [1.807, 2.05) is 6.92 Å². The number of nitrogens with zero attached hydrogens (tertiary/aromatic N) is 1. The minimum atomic E-state index is -1.52. The lowest BCUT2D eigenvalue weighted by Gasteiger charge is -2.14. The molecule has 1 aromatic carbocycles. The van der Waals surface area contributed by atoms with E-state index in [1.54, 1.807) is 0 Å². The molecule has 1 aliphatic heterocycles. The second-order valence-electron chi connectivity index (χ2n) is 5.53. The first-order chi connectivity index (χ1) is 12.9. The van der Waals surface area contributed by atoms with E-state index in [0.717, 1.165) is 17.4 Å². The van der Waals surface area contributed by atoms with Gasteiger partial charge in [-0.2, -0.15) is 0 Å². The number of hydrogen-bond donors (Lipinski definition) is 2. The molecule has 1 aromatic heterocycles. The van der Waals surface area contributed by atoms with Crippen LogP contribution in [0.1, 0.15) is 33.3 Å². The third-order valence-electron chi connectivity index (χ3n) is 3.72. The fraction of sp³-hybridized carbons (Fsp3) is 0.278. The van der Waals surface area contributed by atoms with Gasteiger partial charge in [-0.05, 0) is 13.0 Å². The Labute approximate surface area is 157 Å². The number of aliphatic hydroxyl groups is 1. The molecule has 1 aliphatic rings. The van der Waals surface area contributed by atoms with Gasteiger partial charge in [0.2, 0.25) is 0 Å². The van der Waals surface area contributed by atoms with Crippen LogP contribution in [0.5, 0.6) is 5.75 Å². The molecule has 2 aromatic rings. The number of ether oxygens (including phenoxy) is 2. The number of nitrogens with two attached hydrogens (primary N) is 1. The Morgan fingerprint density at radius 1 is 1.63 bits per heavy atom. The molecular formula is C18H15FN2O5S. The molecule has 27 heavy (non-hydrogen) atoms. The van der Waals surface area contributed by atoms with Crippen molar-refractivity contribution in [2.24, 2.45) is 5.73 Å². The summed E-state index contributed by atoms with van der Waals surface area (Å²) >= 11 is 1.09. The van der Waals surface area contributed by atoms with Crippen LogP contribution in [0.2, 0.25) is 0 Å². The molecule has 9 heteroatoms. The standard InChI is InChI=1S/C18H15FN2O5S/c1-2-25-14-8-26-13-6-12(19)9(3-4-10(23)7-22)5-11(13)15-16(14)27-18(21-15)17(20)24/h5-7,10,14,23H,2,8H2,1H3,(H2,20,24). The van der Waals surface area contributed by atoms with E-state index in [1.165, 1.54) is 6.07 Å². The highest BCUT2D eigenvalue weighted by Gasteiger charge is 2.30. The maximum absolute atomic E-state index is 14.3. The van der Waals surface area contributed by atoms with Gasteiger partial charge in [0.1, 0.15) is 24.3 Å². The Bertz CT molecular complexity index is 963. The van der Waals surface area contributed by atoms with Gasteiger partial charge in [0, 0.05) is 18.2 Å². The van der Waals surface area contributed by atoms with Gasteiger partial charge in [0.05, 0.1) is 16.1 Å². The molecule has 7 nitrogen and oxygen atoms in total. The van der Waals surface area contributed by atoms with Crippen LogP contribution in [0, 0.1) is 17.7 Å². The number of carbonyl (C=O) groups is 2. The zero-order chi connectivity index (χ0) is 19.6. The molecule has 3 N–H and O–H groups in total. The van der Waals surface area contributed by atoms with Gasteiger partial charge in [-0.25, -0.2) is 9.37 Å². The highest BCUT2D eigenvalue weighted by atomic mass is 32.1. The van der Waals surface area contributed by atoms with Crippen LogP contribution in [0.4, 0.5) is 4.39 Å². The normalized spacial score (nSPS) is 16.0. The van der Waals surface area contributed by atoms with E-state index < -0.39 is 23.9 Å². The molecule has 140 valence electrons. The molecule has 0 saturated carbocycles. The van der Waals surface area contributed by atoms with E-state index >= 15 is 0 Å². The van der Waals surface area contributed by atoms with Crippen molar-refractivity contribution in [1.82, 2.24) is 4.98 Å². The summed E-state index contributed by atoms with van der Waals surface area (Å²) in [6, 6.07) is 2.54. The zero-order valence-electron chi connectivity index (χ0n) is 14.2. The van der Waals surface area contributed by atoms with E-state index in [9.17, 15) is 19.1 Å². The molecule has 0 radical (unpaired) electrons. The monoisotopic (exact) mass is 390 g/mol. The second kappa shape index (κ2) is 7.84. The molecule has 0 aliphatic carbocycles. The van der Waals surface area contributed by atoms with Crippen LogP contribution in [0.25, 0.3) is 11.3 Å². The van der Waals surface area contributed by atoms with Crippen molar-refractivity contribution in [1.29, 1.82) is 0 Å². The molecule has 2 unspecified atom stereocenters. The van der Waals surface area contributed by atoms with Crippen molar-refractivity contribution >= 4 is 23.5 Å². The van der Waals surface area contributed by atoms with Crippen LogP contribution >= 0.6 is 11.3 Å². The van der Waals surface area contributed by atoms with E-state index in [0.29, 0.717) is 22.7 Å². The summed E-state index contributed by atoms with van der Waals surface area (Å²) in [5.74, 6) is 3.51. The fourth-order valence-corrected chi connectivity index (χ4v) is 3.52. The summed E-state index contributed by atoms with van der Waals surface area (Å²) in [7, 11) is 0. The first kappa shape index (κ1) is 19.0. The number of rotatable bonds is 4. The third-order valence-corrected chi connectivity index (χ3v) is 4.88. The van der Waals surface area contributed by atoms with E-state index in [4.69, 9.17) is 15.2 Å². The Morgan fingerprint density at radius 3 is 3.07 bits per heavy atom. The number of primary amides is 1. The summed E-state index contributed by atoms with van der Waals surface area (Å²) in [6.45, 7) is 2.34. The highest BCUT2D eigenvalue weighted by molar-refractivity contribution is 7.14. The summed E-state index contributed by atoms with van der Waals surface area (Å²) < 4.78 is 25.7. The van der Waals surface area contributed by atoms with Crippen molar-refractivity contribution in [3.8, 4) is 28.8 Å². The van der Waals surface area contributed by atoms with Crippen molar-refractivity contribution in [3.05, 3.63) is 33.4 Å². The van der Waals surface area contributed by atoms with Gasteiger partial charge < -0.3 is 20.3 Å². The molecule has 2 heterocycles. The van der Waals surface area contributed by atoms with Crippen molar-refractivity contribution in [3.63, 3.8) is 0 Å². The van der Waals surface area contributed by atoms with Gasteiger partial charge in [-0.15, -0.1) is 11.3 Å². The summed E-state index contributed by atoms with van der Waals surface area (Å²) in [4.78, 5) is 27.0. The smallest absolute Gasteiger partial charge is 0.277 e. The Morgan fingerprint density at radius 2 is 2.41 bits per heavy atom. The maximum Gasteiger partial charge on any atom is 0.277 e. The van der Waals surface area contributed by atoms with Gasteiger partial charge in [0.15, 0.2) is 17.4 Å². The van der Waals surface area contributed by atoms with E-state index in [-0.39, 0.29) is 29.2 Å². The second-order valence-corrected chi connectivity index (χ2v) is 6.56. The SMILES string of the molecule is CCOC1COc2cc(F)c(C#CC(O)C=O)cc2-c2nc(C(N)=O)sc21. The number of amides is 1. The minimum Gasteiger partial charge on any atom is -0.490 e. The number of aliphatic hydroxyl groups excluding tert-OH is 1. The molecule has 0 bridgehead atoms. The number of fused-ring (bicyclic) bond motifs is 3. The van der Waals surface area contributed by atoms with Crippen LogP contribution in [-0.2, 0) is 9.53 Å². The fourth-order valence-electron chi connectivity index (χ4n) is 2.56. The first-order valence-corrected chi connectivity index (χ1v) is 8.80. The molecule has 3 rings (SSSR count). The quantitative estimate of drug-likeness (QED) is 0.603. The molecule has 0 saturated heterocycles. The molecule has 0 spiro atoms. The number of aldehydes is 1. The lowest BCUT2D eigenvalue weighted by atomic mass is 10.0. The van der Waals surface area contributed by atoms with Gasteiger partial charge in [0.25, 0.3) is 5.91 Å². The summed E-state index contributed by atoms with van der Waals surface area (Å²) in [5, 5.41) is 9.34. The lowest BCUT2D eigenvalue weighted by molar-refractivity contribution is -0.112. The summed E-state index contributed by atoms with van der Waals surface area (Å²) in [6.07, 6.45) is -1.77. The van der Waals surface area contributed by atoms with E-state index in [2.05, 4.69) is 16.8 Å². The Hall–Kier alpha value is -2.80. The molecule has 0 fully saturated rings. The van der Waals surface area contributed by atoms with Crippen LogP contribution in [0.3, 0.4) is 0 Å². The topological polar surface area (TPSA) is 112 Å². The number of benzene rings is 1. The number of thiazole rings is 1. The van der Waals surface area contributed by atoms with Gasteiger partial charge in [-0.1, -0.05) is 11.8 Å². The number of carbonyl (C=O) groups excluding carboxylic acids is 2. The minimum absolute atomic E-state index is 0.0484. The zero-order valence-corrected chi connectivity index (χ0v) is 15.0. The van der Waals surface area contributed by atoms with Crippen molar-refractivity contribution in [2.45, 2.75) is 19.1 Å². The summed E-state index contributed by atoms with van der Waals surface area (Å²) in [5.41, 5.74) is 6.12. The van der Waals surface area contributed by atoms with Crippen LogP contribution < -0.4 is 10.5 Å². The molecular weight excluding hydrogens is 375 g/mol. The lowest BCUT2D eigenvalue weighted by Crippen LogP contribution is -2.12. The number of halogens is 1. The third kappa shape index (κ3) is 3.83. The van der Waals surface area contributed by atoms with Crippen LogP contribution in [-0.4, -0.2) is 41.6 Å². The number of hydrogen-bond acceptors (Lipinski definition) is 7. The van der Waals surface area contributed by atoms with Gasteiger partial charge >= 0.3 is 0 Å². The molecule has 1 amide bonds. The Balaban J connectivity index is 2.17. The van der Waals surface area contributed by atoms with Crippen molar-refractivity contribution in [2.75, 3.05) is 13.2 Å². The van der Waals surface area contributed by atoms with Gasteiger partial charge in [-0.3, -0.25) is 9.59 Å². The average molecular weight is 390 g/mol. The highest BCUT2D eigenvalue weighted by Crippen LogP contribution is 2.43. The molecule has 2 atom stereocenters. The van der Waals surface area contributed by atoms with Crippen LogP contribution in [0.15, 0.2) is 12.1 Å². The number of aromatic nitrogens is 1. The largest absolute Gasteiger partial charge is 0.490 e. The maximum atomic E-state index is 14.3. The van der Waals surface area contributed by atoms with Crippen molar-refractivity contribution < 1.29 is 28.6 Å². The first-order valence-electron chi connectivity index (χ1n) is 7.98. The predicted molar refractivity (Wildman–Crippen MR) is 94.8 cm³/mol.